The fourth-order valence-electron chi connectivity index (χ4n) is 6.86. The summed E-state index contributed by atoms with van der Waals surface area (Å²) in [6, 6.07) is 41.2. The number of anilines is 1. The van der Waals surface area contributed by atoms with Crippen molar-refractivity contribution in [3.8, 4) is 16.9 Å². The molecule has 0 radical (unpaired) electrons. The number of amides is 2. The molecule has 1 atom stereocenters. The van der Waals surface area contributed by atoms with Crippen molar-refractivity contribution in [2.75, 3.05) is 18.4 Å². The Labute approximate surface area is 282 Å². The Morgan fingerprint density at radius 2 is 1.42 bits per heavy atom. The van der Waals surface area contributed by atoms with Crippen molar-refractivity contribution in [1.82, 2.24) is 14.7 Å². The molecule has 9 heteroatoms. The molecule has 0 aliphatic carbocycles. The van der Waals surface area contributed by atoms with Gasteiger partial charge in [-0.05, 0) is 65.4 Å². The van der Waals surface area contributed by atoms with Gasteiger partial charge in [-0.1, -0.05) is 109 Å². The quantitative estimate of drug-likeness (QED) is 0.150. The zero-order valence-electron chi connectivity index (χ0n) is 26.0. The van der Waals surface area contributed by atoms with E-state index in [2.05, 4.69) is 41.7 Å². The summed E-state index contributed by atoms with van der Waals surface area (Å²) >= 11 is 6.59. The van der Waals surface area contributed by atoms with E-state index in [0.29, 0.717) is 41.2 Å². The number of aromatic nitrogens is 2. The zero-order valence-corrected chi connectivity index (χ0v) is 26.7. The largest absolute Gasteiger partial charge is 0.508 e. The first-order valence-electron chi connectivity index (χ1n) is 15.8. The second kappa shape index (κ2) is 12.9. The van der Waals surface area contributed by atoms with Crippen LogP contribution in [0.3, 0.4) is 0 Å². The van der Waals surface area contributed by atoms with Gasteiger partial charge in [-0.25, -0.2) is 9.48 Å². The summed E-state index contributed by atoms with van der Waals surface area (Å²) in [6.07, 6.45) is 0.142. The normalized spacial score (nSPS) is 14.9. The molecule has 0 spiro atoms. The van der Waals surface area contributed by atoms with Crippen LogP contribution in [0.25, 0.3) is 22.0 Å². The molecule has 8 nitrogen and oxygen atoms in total. The van der Waals surface area contributed by atoms with Crippen molar-refractivity contribution in [1.29, 1.82) is 0 Å². The van der Waals surface area contributed by atoms with Crippen LogP contribution in [0, 0.1) is 5.92 Å². The molecule has 3 N–H and O–H groups in total. The van der Waals surface area contributed by atoms with E-state index < -0.39 is 17.6 Å². The lowest BCUT2D eigenvalue weighted by atomic mass is 9.77. The Kier molecular flexibility index (Phi) is 8.33. The number of nitrogens with zero attached hydrogens (tertiary/aromatic N) is 3. The number of rotatable bonds is 7. The fourth-order valence-corrected chi connectivity index (χ4v) is 7.14. The molecule has 2 heterocycles. The van der Waals surface area contributed by atoms with Crippen molar-refractivity contribution in [3.63, 3.8) is 0 Å². The van der Waals surface area contributed by atoms with Gasteiger partial charge in [-0.15, -0.1) is 0 Å². The van der Waals surface area contributed by atoms with Crippen molar-refractivity contribution in [2.24, 2.45) is 5.92 Å². The number of likely N-dealkylation sites (tertiary alicyclic amines) is 1. The van der Waals surface area contributed by atoms with E-state index >= 15 is 0 Å². The number of hydrogen-bond donors (Lipinski definition) is 3. The van der Waals surface area contributed by atoms with Gasteiger partial charge in [-0.2, -0.15) is 5.10 Å². The molecule has 1 unspecified atom stereocenters. The van der Waals surface area contributed by atoms with Crippen LogP contribution in [-0.4, -0.2) is 50.0 Å². The lowest BCUT2D eigenvalue weighted by molar-refractivity contribution is -0.121. The Bertz CT molecular complexity index is 2000. The van der Waals surface area contributed by atoms with Crippen molar-refractivity contribution >= 4 is 40.3 Å². The number of aromatic hydroxyl groups is 1. The highest BCUT2D eigenvalue weighted by Gasteiger charge is 2.41. The monoisotopic (exact) mass is 656 g/mol. The number of halogens is 1. The highest BCUT2D eigenvalue weighted by atomic mass is 35.5. The molecule has 7 rings (SSSR count). The molecular formula is C39H33ClN4O4. The molecule has 48 heavy (non-hydrogen) atoms. The number of piperidine rings is 1. The van der Waals surface area contributed by atoms with Gasteiger partial charge < -0.3 is 20.4 Å². The fraction of sp³-hybridized carbons (Fsp3) is 0.154. The van der Waals surface area contributed by atoms with Crippen molar-refractivity contribution < 1.29 is 19.8 Å². The number of phenolic OH excluding ortho intramolecular Hbond substituents is 1. The minimum absolute atomic E-state index is 0.0619. The van der Waals surface area contributed by atoms with Crippen LogP contribution in [0.4, 0.5) is 10.6 Å². The minimum atomic E-state index is -1.03. The third kappa shape index (κ3) is 5.54. The second-order valence-corrected chi connectivity index (χ2v) is 12.4. The standard InChI is InChI=1S/C39H33ClN4O4/c40-34-24-31(45)19-20-32(34)26-18-21-35-33(23-26)36(41-37(46)27-11-10-22-43(25-27)38(47)48)42-44(35)39(28-12-4-1-5-13-28,29-14-6-2-7-15-29)30-16-8-3-9-17-30/h1-9,12-21,23-24,27,45H,10-11,22,25H2,(H,47,48)(H,41,42,46). The number of hydrogen-bond acceptors (Lipinski definition) is 4. The predicted octanol–water partition coefficient (Wildman–Crippen LogP) is 8.23. The van der Waals surface area contributed by atoms with Crippen LogP contribution in [0.15, 0.2) is 127 Å². The van der Waals surface area contributed by atoms with Gasteiger partial charge in [0.15, 0.2) is 5.82 Å². The van der Waals surface area contributed by atoms with Gasteiger partial charge in [0.25, 0.3) is 0 Å². The lowest BCUT2D eigenvalue weighted by Crippen LogP contribution is -2.43. The van der Waals surface area contributed by atoms with Crippen molar-refractivity contribution in [3.05, 3.63) is 149 Å². The van der Waals surface area contributed by atoms with Gasteiger partial charge in [-0.3, -0.25) is 4.79 Å². The van der Waals surface area contributed by atoms with Gasteiger partial charge in [0.05, 0.1) is 16.5 Å². The van der Waals surface area contributed by atoms with E-state index in [1.165, 1.54) is 11.0 Å². The number of nitrogens with one attached hydrogen (secondary N) is 1. The maximum absolute atomic E-state index is 13.9. The summed E-state index contributed by atoms with van der Waals surface area (Å²) in [5, 5.41) is 29.0. The molecule has 1 aliphatic heterocycles. The van der Waals surface area contributed by atoms with Crippen LogP contribution in [-0.2, 0) is 10.3 Å². The van der Waals surface area contributed by atoms with Crippen LogP contribution in [0.5, 0.6) is 5.75 Å². The molecule has 1 fully saturated rings. The SMILES string of the molecule is O=C(Nc1nn(C(c2ccccc2)(c2ccccc2)c2ccccc2)c2ccc(-c3ccc(O)cc3Cl)cc12)C1CCCN(C(=O)O)C1. The number of phenols is 1. The van der Waals surface area contributed by atoms with E-state index in [0.717, 1.165) is 27.8 Å². The molecule has 2 amide bonds. The van der Waals surface area contributed by atoms with Crippen molar-refractivity contribution in [2.45, 2.75) is 18.4 Å². The van der Waals surface area contributed by atoms with Gasteiger partial charge in [0, 0.05) is 24.0 Å². The molecule has 6 aromatic rings. The summed E-state index contributed by atoms with van der Waals surface area (Å²) in [7, 11) is 0. The summed E-state index contributed by atoms with van der Waals surface area (Å²) in [4.78, 5) is 26.9. The Morgan fingerprint density at radius 3 is 1.98 bits per heavy atom. The highest BCUT2D eigenvalue weighted by molar-refractivity contribution is 6.33. The molecule has 0 bridgehead atoms. The van der Waals surface area contributed by atoms with E-state index in [4.69, 9.17) is 16.7 Å². The molecular weight excluding hydrogens is 624 g/mol. The molecule has 240 valence electrons. The maximum Gasteiger partial charge on any atom is 0.407 e. The van der Waals surface area contributed by atoms with Gasteiger partial charge >= 0.3 is 6.09 Å². The molecule has 5 aromatic carbocycles. The first kappa shape index (κ1) is 31.0. The highest BCUT2D eigenvalue weighted by Crippen LogP contribution is 2.44. The molecule has 1 aromatic heterocycles. The Balaban J connectivity index is 1.48. The van der Waals surface area contributed by atoms with Crippen LogP contribution >= 0.6 is 11.6 Å². The van der Waals surface area contributed by atoms with E-state index in [-0.39, 0.29) is 18.2 Å². The first-order chi connectivity index (χ1) is 23.4. The molecule has 1 saturated heterocycles. The van der Waals surface area contributed by atoms with E-state index in [9.17, 15) is 19.8 Å². The van der Waals surface area contributed by atoms with Gasteiger partial charge in [0.2, 0.25) is 5.91 Å². The number of benzene rings is 5. The summed E-state index contributed by atoms with van der Waals surface area (Å²) in [5.41, 5.74) is 4.22. The van der Waals surface area contributed by atoms with Gasteiger partial charge in [0.1, 0.15) is 11.3 Å². The summed E-state index contributed by atoms with van der Waals surface area (Å²) in [6.45, 7) is 0.525. The lowest BCUT2D eigenvalue weighted by Gasteiger charge is -2.37. The third-order valence-electron chi connectivity index (χ3n) is 9.14. The second-order valence-electron chi connectivity index (χ2n) is 12.0. The van der Waals surface area contributed by atoms with Crippen LogP contribution in [0.1, 0.15) is 29.5 Å². The molecule has 1 aliphatic rings. The zero-order chi connectivity index (χ0) is 33.3. The average Bonchev–Trinajstić information content (AvgIpc) is 3.47. The van der Waals surface area contributed by atoms with Crippen LogP contribution in [0.2, 0.25) is 5.02 Å². The first-order valence-corrected chi connectivity index (χ1v) is 16.2. The topological polar surface area (TPSA) is 108 Å². The molecule has 0 saturated carbocycles. The van der Waals surface area contributed by atoms with Crippen LogP contribution < -0.4 is 5.32 Å². The summed E-state index contributed by atoms with van der Waals surface area (Å²) < 4.78 is 1.98. The predicted molar refractivity (Wildman–Crippen MR) is 187 cm³/mol. The maximum atomic E-state index is 13.9. The minimum Gasteiger partial charge on any atom is -0.508 e. The average molecular weight is 657 g/mol. The Hall–Kier alpha value is -5.60. The number of carboxylic acid groups (broad SMARTS) is 1. The van der Waals surface area contributed by atoms with E-state index in [1.807, 2.05) is 77.5 Å². The number of fused-ring (bicyclic) bond motifs is 1. The number of carbonyl (C=O) groups is 2. The smallest absolute Gasteiger partial charge is 0.407 e. The number of carbonyl (C=O) groups excluding carboxylic acids is 1. The van der Waals surface area contributed by atoms with E-state index in [1.54, 1.807) is 12.1 Å². The Morgan fingerprint density at radius 1 is 0.812 bits per heavy atom. The summed E-state index contributed by atoms with van der Waals surface area (Å²) in [5.74, 6) is -0.393. The third-order valence-corrected chi connectivity index (χ3v) is 9.45.